The van der Waals surface area contributed by atoms with Gasteiger partial charge in [-0.25, -0.2) is 9.37 Å². The predicted molar refractivity (Wildman–Crippen MR) is 129 cm³/mol. The first-order chi connectivity index (χ1) is 15.4. The van der Waals surface area contributed by atoms with Gasteiger partial charge in [0.1, 0.15) is 11.6 Å². The summed E-state index contributed by atoms with van der Waals surface area (Å²) in [6, 6.07) is 15.8. The molecule has 166 valence electrons. The first kappa shape index (κ1) is 23.0. The molecular weight excluding hydrogens is 403 g/mol. The fourth-order valence-corrected chi connectivity index (χ4v) is 3.29. The molecule has 0 saturated carbocycles. The summed E-state index contributed by atoms with van der Waals surface area (Å²) in [7, 11) is 2.04. The van der Waals surface area contributed by atoms with Crippen molar-refractivity contribution in [1.29, 1.82) is 0 Å². The van der Waals surface area contributed by atoms with Gasteiger partial charge in [-0.15, -0.1) is 0 Å². The van der Waals surface area contributed by atoms with Crippen LogP contribution in [0.1, 0.15) is 40.4 Å². The molecule has 0 aliphatic heterocycles. The topological polar surface area (TPSA) is 57.3 Å². The van der Waals surface area contributed by atoms with Crippen molar-refractivity contribution in [2.24, 2.45) is 0 Å². The van der Waals surface area contributed by atoms with E-state index in [0.29, 0.717) is 18.1 Å². The summed E-state index contributed by atoms with van der Waals surface area (Å²) in [6.07, 6.45) is 2.73. The van der Waals surface area contributed by atoms with Gasteiger partial charge in [0.15, 0.2) is 0 Å². The number of halogens is 1. The number of hydrogen-bond donors (Lipinski definition) is 2. The molecule has 0 aliphatic rings. The number of benzene rings is 2. The Kier molecular flexibility index (Phi) is 7.60. The van der Waals surface area contributed by atoms with Crippen molar-refractivity contribution in [3.05, 3.63) is 95.4 Å². The lowest BCUT2D eigenvalue weighted by atomic mass is 10.1. The number of pyridine rings is 1. The summed E-state index contributed by atoms with van der Waals surface area (Å²) in [5.74, 6) is -0.481. The van der Waals surface area contributed by atoms with E-state index in [1.165, 1.54) is 12.1 Å². The average Bonchev–Trinajstić information content (AvgIpc) is 2.79. The molecule has 0 bridgehead atoms. The maximum atomic E-state index is 13.9. The first-order valence-corrected chi connectivity index (χ1v) is 10.6. The van der Waals surface area contributed by atoms with Crippen molar-refractivity contribution in [2.75, 3.05) is 24.2 Å². The highest BCUT2D eigenvalue weighted by Gasteiger charge is 2.14. The Bertz CT molecular complexity index is 1080. The maximum Gasteiger partial charge on any atom is 0.259 e. The van der Waals surface area contributed by atoms with Crippen LogP contribution in [0.15, 0.2) is 67.4 Å². The molecule has 0 spiro atoms. The Morgan fingerprint density at radius 3 is 2.53 bits per heavy atom. The SMILES string of the molecule is C=C(c1ccc(CNc2ccc(F)cc2C(=O)Nc2ccc(C)cn2)cc1)N(C)CCC. The number of nitrogens with zero attached hydrogens (tertiary/aromatic N) is 2. The predicted octanol–water partition coefficient (Wildman–Crippen LogP) is 5.71. The lowest BCUT2D eigenvalue weighted by Gasteiger charge is -2.21. The molecule has 0 unspecified atom stereocenters. The van der Waals surface area contributed by atoms with Gasteiger partial charge in [-0.3, -0.25) is 4.79 Å². The highest BCUT2D eigenvalue weighted by molar-refractivity contribution is 6.07. The van der Waals surface area contributed by atoms with E-state index in [1.54, 1.807) is 18.3 Å². The number of aromatic nitrogens is 1. The number of nitrogens with one attached hydrogen (secondary N) is 2. The summed E-state index contributed by atoms with van der Waals surface area (Å²) >= 11 is 0. The summed E-state index contributed by atoms with van der Waals surface area (Å²) in [4.78, 5) is 19.1. The second-order valence-corrected chi connectivity index (χ2v) is 7.78. The van der Waals surface area contributed by atoms with Crippen molar-refractivity contribution < 1.29 is 9.18 Å². The second-order valence-electron chi connectivity index (χ2n) is 7.78. The third-order valence-corrected chi connectivity index (χ3v) is 5.17. The molecular formula is C26H29FN4O. The molecule has 3 rings (SSSR count). The van der Waals surface area contributed by atoms with E-state index in [0.717, 1.165) is 35.4 Å². The van der Waals surface area contributed by atoms with Crippen LogP contribution in [0.3, 0.4) is 0 Å². The molecule has 5 nitrogen and oxygen atoms in total. The molecule has 1 heterocycles. The zero-order chi connectivity index (χ0) is 23.1. The van der Waals surface area contributed by atoms with Gasteiger partial charge in [0.25, 0.3) is 5.91 Å². The first-order valence-electron chi connectivity index (χ1n) is 10.6. The van der Waals surface area contributed by atoms with Gasteiger partial charge < -0.3 is 15.5 Å². The van der Waals surface area contributed by atoms with Gasteiger partial charge in [-0.2, -0.15) is 0 Å². The van der Waals surface area contributed by atoms with Gasteiger partial charge >= 0.3 is 0 Å². The number of rotatable bonds is 9. The molecule has 0 fully saturated rings. The van der Waals surface area contributed by atoms with Crippen LogP contribution in [-0.4, -0.2) is 29.4 Å². The largest absolute Gasteiger partial charge is 0.380 e. The fourth-order valence-electron chi connectivity index (χ4n) is 3.29. The number of amides is 1. The van der Waals surface area contributed by atoms with Crippen molar-refractivity contribution in [3.63, 3.8) is 0 Å². The molecule has 2 N–H and O–H groups in total. The van der Waals surface area contributed by atoms with Gasteiger partial charge in [-0.05, 0) is 54.3 Å². The average molecular weight is 433 g/mol. The number of anilines is 2. The van der Waals surface area contributed by atoms with Gasteiger partial charge in [-0.1, -0.05) is 43.8 Å². The Hall–Kier alpha value is -3.67. The van der Waals surface area contributed by atoms with Crippen LogP contribution in [0.25, 0.3) is 5.70 Å². The minimum Gasteiger partial charge on any atom is -0.380 e. The van der Waals surface area contributed by atoms with Crippen LogP contribution in [-0.2, 0) is 6.54 Å². The maximum absolute atomic E-state index is 13.9. The monoisotopic (exact) mass is 432 g/mol. The van der Waals surface area contributed by atoms with E-state index in [9.17, 15) is 9.18 Å². The van der Waals surface area contributed by atoms with Crippen LogP contribution in [0, 0.1) is 12.7 Å². The highest BCUT2D eigenvalue weighted by atomic mass is 19.1. The highest BCUT2D eigenvalue weighted by Crippen LogP contribution is 2.21. The van der Waals surface area contributed by atoms with E-state index in [2.05, 4.69) is 34.0 Å². The summed E-state index contributed by atoms with van der Waals surface area (Å²) in [5.41, 5.74) is 4.84. The number of aryl methyl sites for hydroxylation is 1. The molecule has 32 heavy (non-hydrogen) atoms. The summed E-state index contributed by atoms with van der Waals surface area (Å²) in [6.45, 7) is 9.67. The number of carbonyl (C=O) groups is 1. The van der Waals surface area contributed by atoms with Crippen LogP contribution >= 0.6 is 0 Å². The lowest BCUT2D eigenvalue weighted by molar-refractivity contribution is 0.102. The van der Waals surface area contributed by atoms with Crippen molar-refractivity contribution in [2.45, 2.75) is 26.8 Å². The van der Waals surface area contributed by atoms with Crippen molar-refractivity contribution in [1.82, 2.24) is 9.88 Å². The van der Waals surface area contributed by atoms with Gasteiger partial charge in [0.05, 0.1) is 5.56 Å². The molecule has 0 radical (unpaired) electrons. The van der Waals surface area contributed by atoms with Crippen molar-refractivity contribution >= 4 is 23.1 Å². The third-order valence-electron chi connectivity index (χ3n) is 5.17. The molecule has 3 aromatic rings. The normalized spacial score (nSPS) is 10.5. The Morgan fingerprint density at radius 2 is 1.88 bits per heavy atom. The second kappa shape index (κ2) is 10.6. The van der Waals surface area contributed by atoms with E-state index in [1.807, 2.05) is 44.3 Å². The summed E-state index contributed by atoms with van der Waals surface area (Å²) < 4.78 is 13.9. The zero-order valence-electron chi connectivity index (χ0n) is 18.8. The third kappa shape index (κ3) is 5.94. The Balaban J connectivity index is 1.69. The van der Waals surface area contributed by atoms with E-state index < -0.39 is 11.7 Å². The van der Waals surface area contributed by atoms with E-state index >= 15 is 0 Å². The minimum absolute atomic E-state index is 0.221. The zero-order valence-corrected chi connectivity index (χ0v) is 18.8. The minimum atomic E-state index is -0.475. The molecule has 6 heteroatoms. The standard InChI is InChI=1S/C26H29FN4O/c1-5-14-31(4)19(3)21-9-7-20(8-10-21)17-28-24-12-11-22(27)15-23(24)26(32)30-25-13-6-18(2)16-29-25/h6-13,15-16,28H,3,5,14,17H2,1-2,4H3,(H,29,30,32). The molecule has 0 aliphatic carbocycles. The lowest BCUT2D eigenvalue weighted by Crippen LogP contribution is -2.17. The Labute approximate surface area is 189 Å². The number of carbonyl (C=O) groups excluding carboxylic acids is 1. The summed E-state index contributed by atoms with van der Waals surface area (Å²) in [5, 5.41) is 5.96. The molecule has 1 amide bonds. The molecule has 2 aromatic carbocycles. The Morgan fingerprint density at radius 1 is 1.12 bits per heavy atom. The van der Waals surface area contributed by atoms with Crippen LogP contribution in [0.2, 0.25) is 0 Å². The van der Waals surface area contributed by atoms with Gasteiger partial charge in [0, 0.05) is 37.7 Å². The van der Waals surface area contributed by atoms with Crippen LogP contribution in [0.4, 0.5) is 15.9 Å². The molecule has 1 aromatic heterocycles. The molecule has 0 saturated heterocycles. The van der Waals surface area contributed by atoms with E-state index in [4.69, 9.17) is 0 Å². The number of hydrogen-bond acceptors (Lipinski definition) is 4. The smallest absolute Gasteiger partial charge is 0.259 e. The van der Waals surface area contributed by atoms with Crippen LogP contribution < -0.4 is 10.6 Å². The van der Waals surface area contributed by atoms with Crippen molar-refractivity contribution in [3.8, 4) is 0 Å². The van der Waals surface area contributed by atoms with E-state index in [-0.39, 0.29) is 5.56 Å². The van der Waals surface area contributed by atoms with Gasteiger partial charge in [0.2, 0.25) is 0 Å². The van der Waals surface area contributed by atoms with Crippen LogP contribution in [0.5, 0.6) is 0 Å². The quantitative estimate of drug-likeness (QED) is 0.455. The molecule has 0 atom stereocenters. The fraction of sp³-hybridized carbons (Fsp3) is 0.231.